The van der Waals surface area contributed by atoms with Crippen molar-refractivity contribution in [2.24, 2.45) is 0 Å². The molecule has 0 spiro atoms. The normalized spacial score (nSPS) is 16.4. The zero-order valence-corrected chi connectivity index (χ0v) is 13.7. The van der Waals surface area contributed by atoms with Crippen molar-refractivity contribution in [3.63, 3.8) is 0 Å². The molecule has 7 heteroatoms. The predicted octanol–water partition coefficient (Wildman–Crippen LogP) is 4.33. The fourth-order valence-electron chi connectivity index (χ4n) is 2.90. The number of hydrogen-bond donors (Lipinski definition) is 2. The molecular formula is C17H11Cl2N3O2. The first-order valence-electron chi connectivity index (χ1n) is 7.18. The largest absolute Gasteiger partial charge is 0.477 e. The van der Waals surface area contributed by atoms with E-state index >= 15 is 0 Å². The van der Waals surface area contributed by atoms with E-state index in [1.54, 1.807) is 24.3 Å². The Morgan fingerprint density at radius 2 is 2.00 bits per heavy atom. The summed E-state index contributed by atoms with van der Waals surface area (Å²) in [5.74, 6) is -0.587. The summed E-state index contributed by atoms with van der Waals surface area (Å²) in [6, 6.07) is 12.4. The Balaban J connectivity index is 1.99. The van der Waals surface area contributed by atoms with Gasteiger partial charge in [0, 0.05) is 10.0 Å². The molecule has 3 aromatic rings. The minimum atomic E-state index is -1.05. The first-order chi connectivity index (χ1) is 11.5. The van der Waals surface area contributed by atoms with Gasteiger partial charge in [-0.1, -0.05) is 41.4 Å². The number of hydrogen-bond acceptors (Lipinski definition) is 3. The molecule has 0 bridgehead atoms. The Bertz CT molecular complexity index is 1010. The van der Waals surface area contributed by atoms with E-state index < -0.39 is 12.0 Å². The van der Waals surface area contributed by atoms with E-state index in [0.29, 0.717) is 16.0 Å². The number of aliphatic carboxylic acids is 1. The lowest BCUT2D eigenvalue weighted by Crippen LogP contribution is -2.23. The highest BCUT2D eigenvalue weighted by Crippen LogP contribution is 2.37. The molecule has 4 rings (SSSR count). The Labute approximate surface area is 147 Å². The number of anilines is 1. The van der Waals surface area contributed by atoms with Crippen molar-refractivity contribution < 1.29 is 9.90 Å². The molecular weight excluding hydrogens is 349 g/mol. The summed E-state index contributed by atoms with van der Waals surface area (Å²) in [6.07, 6.45) is 1.62. The maximum absolute atomic E-state index is 11.5. The van der Waals surface area contributed by atoms with E-state index in [4.69, 9.17) is 23.2 Å². The summed E-state index contributed by atoms with van der Waals surface area (Å²) in [7, 11) is 0. The smallest absolute Gasteiger partial charge is 0.352 e. The standard InChI is InChI=1S/C17H11Cl2N3O2/c18-9-5-6-10(11(19)7-9)15-8-13(16(23)24)21-17-20-12-3-1-2-4-14(12)22(15)17/h1-8,15H,(H,20,21)(H,23,24). The molecule has 0 fully saturated rings. The monoisotopic (exact) mass is 359 g/mol. The summed E-state index contributed by atoms with van der Waals surface area (Å²) in [6.45, 7) is 0. The van der Waals surface area contributed by atoms with Crippen LogP contribution in [0.5, 0.6) is 0 Å². The highest BCUT2D eigenvalue weighted by Gasteiger charge is 2.28. The molecule has 0 saturated heterocycles. The lowest BCUT2D eigenvalue weighted by atomic mass is 10.0. The molecule has 1 aliphatic heterocycles. The van der Waals surface area contributed by atoms with Gasteiger partial charge in [-0.3, -0.25) is 4.57 Å². The average molecular weight is 360 g/mol. The first kappa shape index (κ1) is 15.1. The Hall–Kier alpha value is -2.50. The number of carboxylic acid groups (broad SMARTS) is 1. The van der Waals surface area contributed by atoms with Crippen molar-refractivity contribution in [2.45, 2.75) is 6.04 Å². The van der Waals surface area contributed by atoms with Gasteiger partial charge in [0.25, 0.3) is 0 Å². The molecule has 1 aliphatic rings. The summed E-state index contributed by atoms with van der Waals surface area (Å²) in [5, 5.41) is 13.3. The highest BCUT2D eigenvalue weighted by atomic mass is 35.5. The number of fused-ring (bicyclic) bond motifs is 3. The number of benzene rings is 2. The lowest BCUT2D eigenvalue weighted by molar-refractivity contribution is -0.132. The van der Waals surface area contributed by atoms with Gasteiger partial charge in [0.1, 0.15) is 5.70 Å². The van der Waals surface area contributed by atoms with Gasteiger partial charge < -0.3 is 10.4 Å². The molecule has 24 heavy (non-hydrogen) atoms. The summed E-state index contributed by atoms with van der Waals surface area (Å²) < 4.78 is 1.93. The zero-order chi connectivity index (χ0) is 16.8. The number of rotatable bonds is 2. The molecule has 0 radical (unpaired) electrons. The van der Waals surface area contributed by atoms with Crippen LogP contribution >= 0.6 is 23.2 Å². The van der Waals surface area contributed by atoms with Gasteiger partial charge in [-0.25, -0.2) is 9.78 Å². The van der Waals surface area contributed by atoms with Crippen LogP contribution in [0.2, 0.25) is 10.0 Å². The summed E-state index contributed by atoms with van der Waals surface area (Å²) in [4.78, 5) is 16.0. The minimum Gasteiger partial charge on any atom is -0.477 e. The number of allylic oxidation sites excluding steroid dienone is 1. The van der Waals surface area contributed by atoms with Crippen LogP contribution in [0.25, 0.3) is 11.0 Å². The number of nitrogens with zero attached hydrogens (tertiary/aromatic N) is 2. The van der Waals surface area contributed by atoms with Gasteiger partial charge in [-0.15, -0.1) is 0 Å². The van der Waals surface area contributed by atoms with Crippen LogP contribution in [0.15, 0.2) is 54.2 Å². The van der Waals surface area contributed by atoms with E-state index in [1.165, 1.54) is 0 Å². The number of halogens is 2. The molecule has 0 aliphatic carbocycles. The molecule has 2 aromatic carbocycles. The van der Waals surface area contributed by atoms with Gasteiger partial charge in [0.05, 0.1) is 17.1 Å². The lowest BCUT2D eigenvalue weighted by Gasteiger charge is -2.25. The predicted molar refractivity (Wildman–Crippen MR) is 93.7 cm³/mol. The molecule has 2 heterocycles. The van der Waals surface area contributed by atoms with Gasteiger partial charge in [0.15, 0.2) is 0 Å². The molecule has 0 saturated carbocycles. The van der Waals surface area contributed by atoms with Crippen molar-refractivity contribution in [1.29, 1.82) is 0 Å². The van der Waals surface area contributed by atoms with Crippen LogP contribution in [-0.2, 0) is 4.79 Å². The number of nitrogens with one attached hydrogen (secondary N) is 1. The molecule has 2 N–H and O–H groups in total. The number of para-hydroxylation sites is 2. The number of aromatic nitrogens is 2. The second-order valence-electron chi connectivity index (χ2n) is 5.42. The second-order valence-corrected chi connectivity index (χ2v) is 6.26. The van der Waals surface area contributed by atoms with Crippen molar-refractivity contribution in [2.75, 3.05) is 5.32 Å². The van der Waals surface area contributed by atoms with Crippen LogP contribution in [0, 0.1) is 0 Å². The number of carbonyl (C=O) groups is 1. The average Bonchev–Trinajstić information content (AvgIpc) is 2.92. The van der Waals surface area contributed by atoms with Gasteiger partial charge >= 0.3 is 5.97 Å². The maximum atomic E-state index is 11.5. The Kier molecular flexibility index (Phi) is 3.48. The van der Waals surface area contributed by atoms with Gasteiger partial charge in [-0.2, -0.15) is 0 Å². The molecule has 1 unspecified atom stereocenters. The third-order valence-corrected chi connectivity index (χ3v) is 4.52. The highest BCUT2D eigenvalue weighted by molar-refractivity contribution is 6.35. The second kappa shape index (κ2) is 5.54. The zero-order valence-electron chi connectivity index (χ0n) is 12.2. The van der Waals surface area contributed by atoms with Crippen LogP contribution in [0.1, 0.15) is 11.6 Å². The van der Waals surface area contributed by atoms with Crippen LogP contribution in [0.4, 0.5) is 5.95 Å². The van der Waals surface area contributed by atoms with Crippen LogP contribution in [-0.4, -0.2) is 20.6 Å². The van der Waals surface area contributed by atoms with Crippen molar-refractivity contribution in [3.8, 4) is 0 Å². The number of imidazole rings is 1. The van der Waals surface area contributed by atoms with Gasteiger partial charge in [-0.05, 0) is 35.9 Å². The maximum Gasteiger partial charge on any atom is 0.352 e. The fraction of sp³-hybridized carbons (Fsp3) is 0.0588. The molecule has 5 nitrogen and oxygen atoms in total. The van der Waals surface area contributed by atoms with E-state index in [2.05, 4.69) is 10.3 Å². The molecule has 120 valence electrons. The van der Waals surface area contributed by atoms with Gasteiger partial charge in [0.2, 0.25) is 5.95 Å². The first-order valence-corrected chi connectivity index (χ1v) is 7.94. The van der Waals surface area contributed by atoms with E-state index in [-0.39, 0.29) is 5.70 Å². The minimum absolute atomic E-state index is 0.0637. The third kappa shape index (κ3) is 2.33. The summed E-state index contributed by atoms with van der Waals surface area (Å²) >= 11 is 12.3. The summed E-state index contributed by atoms with van der Waals surface area (Å²) in [5.41, 5.74) is 2.48. The molecule has 1 atom stereocenters. The van der Waals surface area contributed by atoms with E-state index in [9.17, 15) is 9.90 Å². The topological polar surface area (TPSA) is 67.1 Å². The molecule has 1 aromatic heterocycles. The van der Waals surface area contributed by atoms with E-state index in [0.717, 1.165) is 16.6 Å². The Morgan fingerprint density at radius 1 is 1.21 bits per heavy atom. The fourth-order valence-corrected chi connectivity index (χ4v) is 3.42. The third-order valence-electron chi connectivity index (χ3n) is 3.96. The van der Waals surface area contributed by atoms with Crippen LogP contribution in [0.3, 0.4) is 0 Å². The van der Waals surface area contributed by atoms with Crippen molar-refractivity contribution in [1.82, 2.24) is 9.55 Å². The Morgan fingerprint density at radius 3 is 2.75 bits per heavy atom. The molecule has 0 amide bonds. The number of carboxylic acids is 1. The van der Waals surface area contributed by atoms with Crippen molar-refractivity contribution >= 4 is 46.2 Å². The van der Waals surface area contributed by atoms with Crippen molar-refractivity contribution in [3.05, 3.63) is 69.8 Å². The van der Waals surface area contributed by atoms with E-state index in [1.807, 2.05) is 28.8 Å². The SMILES string of the molecule is O=C(O)C1=CC(c2ccc(Cl)cc2Cl)n2c(nc3ccccc32)N1. The quantitative estimate of drug-likeness (QED) is 0.714. The van der Waals surface area contributed by atoms with Crippen LogP contribution < -0.4 is 5.32 Å².